The highest BCUT2D eigenvalue weighted by molar-refractivity contribution is 7.10. The number of anilines is 1. The van der Waals surface area contributed by atoms with E-state index in [9.17, 15) is 14.4 Å². The summed E-state index contributed by atoms with van der Waals surface area (Å²) in [5, 5.41) is 7.71. The average Bonchev–Trinajstić information content (AvgIpc) is 3.57. The minimum Gasteiger partial charge on any atom is -0.459 e. The zero-order valence-corrected chi connectivity index (χ0v) is 20.0. The van der Waals surface area contributed by atoms with Gasteiger partial charge in [-0.2, -0.15) is 0 Å². The van der Waals surface area contributed by atoms with Gasteiger partial charge in [0.25, 0.3) is 5.91 Å². The van der Waals surface area contributed by atoms with Gasteiger partial charge in [-0.15, -0.1) is 11.3 Å². The number of hydrogen-bond acceptors (Lipinski definition) is 5. The lowest BCUT2D eigenvalue weighted by atomic mass is 9.95. The maximum absolute atomic E-state index is 13.7. The van der Waals surface area contributed by atoms with E-state index < -0.39 is 11.9 Å². The van der Waals surface area contributed by atoms with E-state index in [2.05, 4.69) is 10.6 Å². The number of hydrogen-bond donors (Lipinski definition) is 2. The van der Waals surface area contributed by atoms with E-state index in [0.29, 0.717) is 5.69 Å². The van der Waals surface area contributed by atoms with Crippen molar-refractivity contribution < 1.29 is 18.8 Å². The maximum Gasteiger partial charge on any atom is 0.287 e. The molecule has 8 heteroatoms. The van der Waals surface area contributed by atoms with Crippen LogP contribution in [0.2, 0.25) is 0 Å². The van der Waals surface area contributed by atoms with Crippen LogP contribution in [0.15, 0.2) is 64.6 Å². The molecule has 3 aromatic rings. The quantitative estimate of drug-likeness (QED) is 0.494. The maximum atomic E-state index is 13.7. The summed E-state index contributed by atoms with van der Waals surface area (Å²) < 4.78 is 5.12. The molecule has 0 aliphatic heterocycles. The number of benzene rings is 1. The number of rotatable bonds is 8. The summed E-state index contributed by atoms with van der Waals surface area (Å²) in [6.45, 7) is 1.63. The van der Waals surface area contributed by atoms with Gasteiger partial charge in [0.2, 0.25) is 11.8 Å². The van der Waals surface area contributed by atoms with Gasteiger partial charge in [-0.05, 0) is 55.0 Å². The van der Waals surface area contributed by atoms with Crippen LogP contribution in [0.4, 0.5) is 5.69 Å². The van der Waals surface area contributed by atoms with E-state index in [1.54, 1.807) is 6.07 Å². The van der Waals surface area contributed by atoms with Crippen LogP contribution in [-0.2, 0) is 9.59 Å². The normalized spacial score (nSPS) is 14.9. The molecule has 1 aliphatic carbocycles. The Hall–Kier alpha value is -3.39. The molecule has 1 aromatic carbocycles. The van der Waals surface area contributed by atoms with Crippen LogP contribution in [-0.4, -0.2) is 30.3 Å². The fourth-order valence-corrected chi connectivity index (χ4v) is 5.15. The molecule has 7 nitrogen and oxygen atoms in total. The third kappa shape index (κ3) is 5.56. The molecule has 1 aliphatic rings. The van der Waals surface area contributed by atoms with Gasteiger partial charge in [0.05, 0.1) is 12.8 Å². The zero-order valence-electron chi connectivity index (χ0n) is 19.2. The lowest BCUT2D eigenvalue weighted by Crippen LogP contribution is -2.49. The fourth-order valence-electron chi connectivity index (χ4n) is 4.33. The largest absolute Gasteiger partial charge is 0.459 e. The number of amides is 3. The number of aryl methyl sites for hydroxylation is 1. The molecule has 1 atom stereocenters. The van der Waals surface area contributed by atoms with Crippen LogP contribution in [0.1, 0.15) is 59.1 Å². The Bertz CT molecular complexity index is 1110. The molecule has 2 aromatic heterocycles. The third-order valence-electron chi connectivity index (χ3n) is 6.06. The van der Waals surface area contributed by atoms with Gasteiger partial charge < -0.3 is 15.1 Å². The monoisotopic (exact) mass is 479 g/mol. The lowest BCUT2D eigenvalue weighted by molar-refractivity contribution is -0.126. The van der Waals surface area contributed by atoms with Crippen molar-refractivity contribution in [1.82, 2.24) is 10.6 Å². The molecule has 0 unspecified atom stereocenters. The smallest absolute Gasteiger partial charge is 0.287 e. The molecular weight excluding hydrogens is 450 g/mol. The van der Waals surface area contributed by atoms with Gasteiger partial charge in [0, 0.05) is 16.6 Å². The molecule has 0 saturated heterocycles. The number of thiophene rings is 1. The van der Waals surface area contributed by atoms with Crippen LogP contribution in [0.25, 0.3) is 0 Å². The second kappa shape index (κ2) is 11.2. The molecule has 3 amide bonds. The van der Waals surface area contributed by atoms with Crippen LogP contribution in [0, 0.1) is 6.92 Å². The number of nitrogens with one attached hydrogen (secondary N) is 2. The van der Waals surface area contributed by atoms with Crippen molar-refractivity contribution in [3.63, 3.8) is 0 Å². The Morgan fingerprint density at radius 3 is 2.53 bits per heavy atom. The molecule has 0 bridgehead atoms. The number of nitrogens with zero attached hydrogens (tertiary/aromatic N) is 1. The lowest BCUT2D eigenvalue weighted by Gasteiger charge is -2.33. The van der Waals surface area contributed by atoms with E-state index in [4.69, 9.17) is 4.42 Å². The molecule has 2 N–H and O–H groups in total. The van der Waals surface area contributed by atoms with Crippen LogP contribution >= 0.6 is 11.3 Å². The van der Waals surface area contributed by atoms with Crippen LogP contribution < -0.4 is 15.5 Å². The van der Waals surface area contributed by atoms with Gasteiger partial charge in [-0.3, -0.25) is 19.3 Å². The number of carbonyl (C=O) groups is 3. The number of para-hydroxylation sites is 1. The summed E-state index contributed by atoms with van der Waals surface area (Å²) in [5.41, 5.74) is 1.50. The van der Waals surface area contributed by atoms with Crippen molar-refractivity contribution in [2.75, 3.05) is 11.4 Å². The van der Waals surface area contributed by atoms with E-state index in [1.165, 1.54) is 35.0 Å². The second-order valence-electron chi connectivity index (χ2n) is 8.47. The van der Waals surface area contributed by atoms with Crippen molar-refractivity contribution in [3.05, 3.63) is 76.4 Å². The van der Waals surface area contributed by atoms with Gasteiger partial charge in [-0.25, -0.2) is 0 Å². The molecule has 1 saturated carbocycles. The van der Waals surface area contributed by atoms with Crippen molar-refractivity contribution in [3.8, 4) is 0 Å². The summed E-state index contributed by atoms with van der Waals surface area (Å²) in [4.78, 5) is 41.9. The fraction of sp³-hybridized carbons (Fsp3) is 0.346. The van der Waals surface area contributed by atoms with Gasteiger partial charge in [0.15, 0.2) is 5.76 Å². The minimum atomic E-state index is -0.837. The number of carbonyl (C=O) groups excluding carboxylic acids is 3. The first kappa shape index (κ1) is 23.8. The van der Waals surface area contributed by atoms with E-state index in [1.807, 2.05) is 48.7 Å². The van der Waals surface area contributed by atoms with Crippen molar-refractivity contribution in [2.24, 2.45) is 0 Å². The summed E-state index contributed by atoms with van der Waals surface area (Å²) in [6, 6.07) is 13.6. The molecular formula is C26H29N3O4S. The Morgan fingerprint density at radius 2 is 1.85 bits per heavy atom. The SMILES string of the molecule is Cc1ccccc1N(C(=O)CNC(=O)c1ccco1)[C@H](C(=O)NC1CCCCC1)c1cccs1. The third-order valence-corrected chi connectivity index (χ3v) is 6.98. The molecule has 1 fully saturated rings. The minimum absolute atomic E-state index is 0.108. The summed E-state index contributed by atoms with van der Waals surface area (Å²) >= 11 is 1.43. The summed E-state index contributed by atoms with van der Waals surface area (Å²) in [7, 11) is 0. The van der Waals surface area contributed by atoms with E-state index in [0.717, 1.165) is 36.1 Å². The molecule has 34 heavy (non-hydrogen) atoms. The first-order chi connectivity index (χ1) is 16.5. The predicted octanol–water partition coefficient (Wildman–Crippen LogP) is 4.60. The molecule has 0 radical (unpaired) electrons. The Labute approximate surface area is 203 Å². The van der Waals surface area contributed by atoms with Crippen molar-refractivity contribution in [1.29, 1.82) is 0 Å². The van der Waals surface area contributed by atoms with Gasteiger partial charge >= 0.3 is 0 Å². The summed E-state index contributed by atoms with van der Waals surface area (Å²) in [5.74, 6) is -0.947. The van der Waals surface area contributed by atoms with Gasteiger partial charge in [-0.1, -0.05) is 43.5 Å². The second-order valence-corrected chi connectivity index (χ2v) is 9.45. The highest BCUT2D eigenvalue weighted by Gasteiger charge is 2.35. The van der Waals surface area contributed by atoms with Crippen molar-refractivity contribution >= 4 is 34.7 Å². The zero-order chi connectivity index (χ0) is 23.9. The molecule has 0 spiro atoms. The van der Waals surface area contributed by atoms with Crippen LogP contribution in [0.3, 0.4) is 0 Å². The molecule has 178 valence electrons. The van der Waals surface area contributed by atoms with E-state index in [-0.39, 0.29) is 30.2 Å². The molecule has 2 heterocycles. The average molecular weight is 480 g/mol. The topological polar surface area (TPSA) is 91.7 Å². The van der Waals surface area contributed by atoms with Gasteiger partial charge in [0.1, 0.15) is 6.04 Å². The van der Waals surface area contributed by atoms with Crippen LogP contribution in [0.5, 0.6) is 0 Å². The number of furan rings is 1. The highest BCUT2D eigenvalue weighted by atomic mass is 32.1. The molecule has 4 rings (SSSR count). The standard InChI is InChI=1S/C26H29N3O4S/c1-18-9-5-6-12-20(18)29(23(30)17-27-25(31)21-13-7-15-33-21)24(22-14-8-16-34-22)26(32)28-19-10-3-2-4-11-19/h5-9,12-16,19,24H,2-4,10-11,17H2,1H3,(H,27,31)(H,28,32)/t24-/m0/s1. The Morgan fingerprint density at radius 1 is 1.06 bits per heavy atom. The predicted molar refractivity (Wildman–Crippen MR) is 132 cm³/mol. The van der Waals surface area contributed by atoms with Crippen molar-refractivity contribution in [2.45, 2.75) is 51.1 Å². The first-order valence-electron chi connectivity index (χ1n) is 11.6. The Kier molecular flexibility index (Phi) is 7.80. The van der Waals surface area contributed by atoms with E-state index >= 15 is 0 Å². The Balaban J connectivity index is 1.64. The summed E-state index contributed by atoms with van der Waals surface area (Å²) in [6.07, 6.45) is 6.66. The highest BCUT2D eigenvalue weighted by Crippen LogP contribution is 2.33. The first-order valence-corrected chi connectivity index (χ1v) is 12.5.